The molecule has 3 nitrogen and oxygen atoms in total. The van der Waals surface area contributed by atoms with E-state index in [1.54, 1.807) is 29.5 Å². The minimum Gasteiger partial charge on any atom is -0.490 e. The van der Waals surface area contributed by atoms with E-state index >= 15 is 0 Å². The van der Waals surface area contributed by atoms with Gasteiger partial charge in [-0.3, -0.25) is 0 Å². The second-order valence-corrected chi connectivity index (χ2v) is 6.10. The molecule has 0 radical (unpaired) electrons. The minimum absolute atomic E-state index is 0.305. The van der Waals surface area contributed by atoms with Gasteiger partial charge in [-0.15, -0.1) is 11.3 Å². The number of nitrogens with zero attached hydrogens (tertiary/aromatic N) is 1. The Balaban J connectivity index is 1.45. The van der Waals surface area contributed by atoms with Crippen LogP contribution < -0.4 is 10.1 Å². The van der Waals surface area contributed by atoms with Gasteiger partial charge in [0.15, 0.2) is 11.6 Å². The normalized spacial score (nSPS) is 14.4. The van der Waals surface area contributed by atoms with Crippen molar-refractivity contribution in [2.75, 3.05) is 6.61 Å². The van der Waals surface area contributed by atoms with Crippen LogP contribution in [0.2, 0.25) is 0 Å². The molecule has 3 rings (SSSR count). The van der Waals surface area contributed by atoms with Crippen LogP contribution >= 0.6 is 11.3 Å². The Labute approximate surface area is 121 Å². The van der Waals surface area contributed by atoms with Crippen LogP contribution in [-0.4, -0.2) is 17.6 Å². The summed E-state index contributed by atoms with van der Waals surface area (Å²) in [5, 5.41) is 4.50. The Morgan fingerprint density at radius 3 is 3.00 bits per heavy atom. The van der Waals surface area contributed by atoms with Crippen molar-refractivity contribution in [3.63, 3.8) is 0 Å². The first-order chi connectivity index (χ1) is 9.81. The van der Waals surface area contributed by atoms with Crippen molar-refractivity contribution in [2.45, 2.75) is 31.8 Å². The molecule has 1 aliphatic rings. The van der Waals surface area contributed by atoms with Crippen molar-refractivity contribution in [3.8, 4) is 5.75 Å². The van der Waals surface area contributed by atoms with Gasteiger partial charge in [0.1, 0.15) is 0 Å². The fourth-order valence-electron chi connectivity index (χ4n) is 1.89. The Morgan fingerprint density at radius 2 is 2.20 bits per heavy atom. The van der Waals surface area contributed by atoms with E-state index in [1.165, 1.54) is 23.8 Å². The highest BCUT2D eigenvalue weighted by molar-refractivity contribution is 7.11. The van der Waals surface area contributed by atoms with Gasteiger partial charge in [-0.05, 0) is 25.0 Å². The maximum absolute atomic E-state index is 13.4. The lowest BCUT2D eigenvalue weighted by Gasteiger charge is -2.05. The SMILES string of the molecule is Fc1ccccc1OCCc1ncc(CNC2CC2)s1. The molecule has 0 saturated heterocycles. The van der Waals surface area contributed by atoms with E-state index in [4.69, 9.17) is 4.74 Å². The van der Waals surface area contributed by atoms with E-state index in [0.717, 1.165) is 11.6 Å². The van der Waals surface area contributed by atoms with E-state index in [2.05, 4.69) is 10.3 Å². The molecule has 1 aromatic carbocycles. The van der Waals surface area contributed by atoms with Gasteiger partial charge in [0.05, 0.1) is 11.6 Å². The van der Waals surface area contributed by atoms with Crippen LogP contribution in [0, 0.1) is 5.82 Å². The molecule has 0 spiro atoms. The minimum atomic E-state index is -0.319. The molecule has 1 fully saturated rings. The number of nitrogens with one attached hydrogen (secondary N) is 1. The maximum atomic E-state index is 13.4. The third kappa shape index (κ3) is 3.77. The molecule has 0 bridgehead atoms. The first-order valence-electron chi connectivity index (χ1n) is 6.85. The van der Waals surface area contributed by atoms with Crippen LogP contribution in [0.3, 0.4) is 0 Å². The predicted molar refractivity (Wildman–Crippen MR) is 77.6 cm³/mol. The lowest BCUT2D eigenvalue weighted by atomic mass is 10.3. The van der Waals surface area contributed by atoms with Crippen LogP contribution in [0.25, 0.3) is 0 Å². The highest BCUT2D eigenvalue weighted by Gasteiger charge is 2.20. The standard InChI is InChI=1S/C15H17FN2OS/c16-13-3-1-2-4-14(13)19-8-7-15-18-10-12(20-15)9-17-11-5-6-11/h1-4,10-11,17H,5-9H2. The topological polar surface area (TPSA) is 34.1 Å². The summed E-state index contributed by atoms with van der Waals surface area (Å²) < 4.78 is 18.8. The lowest BCUT2D eigenvalue weighted by molar-refractivity contribution is 0.305. The van der Waals surface area contributed by atoms with Gasteiger partial charge in [-0.2, -0.15) is 0 Å². The fraction of sp³-hybridized carbons (Fsp3) is 0.400. The van der Waals surface area contributed by atoms with Gasteiger partial charge < -0.3 is 10.1 Å². The first kappa shape index (κ1) is 13.5. The number of hydrogen-bond acceptors (Lipinski definition) is 4. The fourth-order valence-corrected chi connectivity index (χ4v) is 2.74. The van der Waals surface area contributed by atoms with Crippen molar-refractivity contribution in [1.29, 1.82) is 0 Å². The van der Waals surface area contributed by atoms with E-state index in [-0.39, 0.29) is 5.82 Å². The van der Waals surface area contributed by atoms with Gasteiger partial charge in [-0.1, -0.05) is 12.1 Å². The monoisotopic (exact) mass is 292 g/mol. The highest BCUT2D eigenvalue weighted by atomic mass is 32.1. The Morgan fingerprint density at radius 1 is 1.35 bits per heavy atom. The van der Waals surface area contributed by atoms with E-state index in [9.17, 15) is 4.39 Å². The predicted octanol–water partition coefficient (Wildman–Crippen LogP) is 3.16. The Hall–Kier alpha value is -1.46. The molecule has 1 heterocycles. The summed E-state index contributed by atoms with van der Waals surface area (Å²) in [7, 11) is 0. The molecule has 1 N–H and O–H groups in total. The maximum Gasteiger partial charge on any atom is 0.165 e. The van der Waals surface area contributed by atoms with E-state index < -0.39 is 0 Å². The van der Waals surface area contributed by atoms with Crippen LogP contribution in [0.5, 0.6) is 5.75 Å². The van der Waals surface area contributed by atoms with Gasteiger partial charge in [-0.25, -0.2) is 9.37 Å². The van der Waals surface area contributed by atoms with E-state index in [0.29, 0.717) is 24.8 Å². The van der Waals surface area contributed by atoms with Gasteiger partial charge in [0.2, 0.25) is 0 Å². The van der Waals surface area contributed by atoms with Crippen molar-refractivity contribution < 1.29 is 9.13 Å². The number of benzene rings is 1. The number of halogens is 1. The summed E-state index contributed by atoms with van der Waals surface area (Å²) in [6.07, 6.45) is 5.21. The molecule has 1 aliphatic carbocycles. The average Bonchev–Trinajstić information content (AvgIpc) is 3.18. The molecule has 0 aliphatic heterocycles. The summed E-state index contributed by atoms with van der Waals surface area (Å²) in [6, 6.07) is 7.18. The molecule has 0 amide bonds. The summed E-state index contributed by atoms with van der Waals surface area (Å²) in [5.74, 6) is -0.0133. The van der Waals surface area contributed by atoms with Crippen LogP contribution in [0.1, 0.15) is 22.7 Å². The van der Waals surface area contributed by atoms with Crippen molar-refractivity contribution in [2.24, 2.45) is 0 Å². The second kappa shape index (κ2) is 6.33. The molecule has 106 valence electrons. The molecule has 0 unspecified atom stereocenters. The summed E-state index contributed by atoms with van der Waals surface area (Å²) in [6.45, 7) is 1.35. The third-order valence-corrected chi connectivity index (χ3v) is 4.21. The van der Waals surface area contributed by atoms with Crippen molar-refractivity contribution in [1.82, 2.24) is 10.3 Å². The Bertz CT molecular complexity index is 569. The number of rotatable bonds is 7. The smallest absolute Gasteiger partial charge is 0.165 e. The summed E-state index contributed by atoms with van der Waals surface area (Å²) in [5.41, 5.74) is 0. The molecule has 0 atom stereocenters. The summed E-state index contributed by atoms with van der Waals surface area (Å²) in [4.78, 5) is 5.62. The number of aromatic nitrogens is 1. The van der Waals surface area contributed by atoms with Crippen LogP contribution in [0.15, 0.2) is 30.5 Å². The average molecular weight is 292 g/mol. The summed E-state index contributed by atoms with van der Waals surface area (Å²) >= 11 is 1.69. The van der Waals surface area contributed by atoms with Crippen LogP contribution in [0.4, 0.5) is 4.39 Å². The quantitative estimate of drug-likeness (QED) is 0.851. The number of thiazole rings is 1. The molecule has 1 aromatic heterocycles. The highest BCUT2D eigenvalue weighted by Crippen LogP contribution is 2.21. The van der Waals surface area contributed by atoms with Gasteiger partial charge in [0.25, 0.3) is 0 Å². The second-order valence-electron chi connectivity index (χ2n) is 4.90. The number of para-hydroxylation sites is 1. The zero-order valence-corrected chi connectivity index (χ0v) is 12.0. The van der Waals surface area contributed by atoms with Crippen LogP contribution in [-0.2, 0) is 13.0 Å². The molecule has 20 heavy (non-hydrogen) atoms. The zero-order chi connectivity index (χ0) is 13.8. The molecular weight excluding hydrogens is 275 g/mol. The molecule has 2 aromatic rings. The third-order valence-electron chi connectivity index (χ3n) is 3.15. The largest absolute Gasteiger partial charge is 0.490 e. The number of ether oxygens (including phenoxy) is 1. The van der Waals surface area contributed by atoms with Gasteiger partial charge in [0, 0.05) is 30.1 Å². The first-order valence-corrected chi connectivity index (χ1v) is 7.67. The van der Waals surface area contributed by atoms with E-state index in [1.807, 2.05) is 6.20 Å². The number of hydrogen-bond donors (Lipinski definition) is 1. The molecular formula is C15H17FN2OS. The van der Waals surface area contributed by atoms with Gasteiger partial charge >= 0.3 is 0 Å². The van der Waals surface area contributed by atoms with Crippen molar-refractivity contribution in [3.05, 3.63) is 46.2 Å². The molecule has 1 saturated carbocycles. The zero-order valence-electron chi connectivity index (χ0n) is 11.1. The Kier molecular flexibility index (Phi) is 4.28. The van der Waals surface area contributed by atoms with Crippen molar-refractivity contribution >= 4 is 11.3 Å². The lowest BCUT2D eigenvalue weighted by Crippen LogP contribution is -2.14. The molecule has 5 heteroatoms.